The van der Waals surface area contributed by atoms with Gasteiger partial charge in [-0.1, -0.05) is 22.9 Å². The predicted octanol–water partition coefficient (Wildman–Crippen LogP) is 1.31. The van der Waals surface area contributed by atoms with Crippen molar-refractivity contribution in [2.45, 2.75) is 28.8 Å². The van der Waals surface area contributed by atoms with Crippen molar-refractivity contribution in [3.8, 4) is 0 Å². The van der Waals surface area contributed by atoms with Gasteiger partial charge < -0.3 is 9.47 Å². The number of carbonyl (C=O) groups excluding carboxylic acids is 1. The number of alkyl halides is 1. The summed E-state index contributed by atoms with van der Waals surface area (Å²) in [6.45, 7) is 1.62. The molecule has 1 heterocycles. The Labute approximate surface area is 153 Å². The Kier molecular flexibility index (Phi) is 6.14. The number of nitrogens with zero attached hydrogens (tertiary/aromatic N) is 2. The number of nitro benzene ring substituents is 1. The van der Waals surface area contributed by atoms with Crippen LogP contribution < -0.4 is 0 Å². The smallest absolute Gasteiger partial charge is 0.326 e. The summed E-state index contributed by atoms with van der Waals surface area (Å²) in [5, 5.41) is 10.7. The summed E-state index contributed by atoms with van der Waals surface area (Å²) in [6.07, 6.45) is -0.450. The fourth-order valence-electron chi connectivity index (χ4n) is 2.40. The summed E-state index contributed by atoms with van der Waals surface area (Å²) in [5.74, 6) is -0.730. The Bertz CT molecular complexity index is 751. The first-order valence-electron chi connectivity index (χ1n) is 7.28. The van der Waals surface area contributed by atoms with Crippen molar-refractivity contribution in [2.24, 2.45) is 0 Å². The largest absolute Gasteiger partial charge is 0.468 e. The van der Waals surface area contributed by atoms with Gasteiger partial charge in [-0.2, -0.15) is 4.31 Å². The highest BCUT2D eigenvalue weighted by atomic mass is 79.9. The molecule has 0 unspecified atom stereocenters. The molecule has 0 aromatic heterocycles. The second-order valence-corrected chi connectivity index (χ2v) is 8.75. The van der Waals surface area contributed by atoms with Crippen LogP contribution in [0.1, 0.15) is 6.92 Å². The van der Waals surface area contributed by atoms with Crippen molar-refractivity contribution in [3.63, 3.8) is 0 Å². The van der Waals surface area contributed by atoms with Crippen LogP contribution in [0.25, 0.3) is 0 Å². The van der Waals surface area contributed by atoms with E-state index in [1.54, 1.807) is 6.92 Å². The van der Waals surface area contributed by atoms with E-state index in [4.69, 9.17) is 4.74 Å². The summed E-state index contributed by atoms with van der Waals surface area (Å²) in [7, 11) is -2.90. The molecule has 138 valence electrons. The monoisotopic (exact) mass is 436 g/mol. The lowest BCUT2D eigenvalue weighted by Crippen LogP contribution is -2.57. The Morgan fingerprint density at radius 3 is 2.52 bits per heavy atom. The molecule has 1 aliphatic rings. The van der Waals surface area contributed by atoms with Gasteiger partial charge in [0.05, 0.1) is 29.6 Å². The van der Waals surface area contributed by atoms with Crippen LogP contribution >= 0.6 is 15.9 Å². The molecule has 3 atom stereocenters. The van der Waals surface area contributed by atoms with Gasteiger partial charge in [0, 0.05) is 23.5 Å². The third-order valence-corrected chi connectivity index (χ3v) is 6.29. The van der Waals surface area contributed by atoms with E-state index in [9.17, 15) is 23.3 Å². The second-order valence-electron chi connectivity index (χ2n) is 5.41. The third-order valence-electron chi connectivity index (χ3n) is 3.82. The Balaban J connectivity index is 2.40. The number of morpholine rings is 1. The highest BCUT2D eigenvalue weighted by molar-refractivity contribution is 9.09. The van der Waals surface area contributed by atoms with Crippen LogP contribution in [-0.2, 0) is 24.3 Å². The van der Waals surface area contributed by atoms with Crippen LogP contribution in [0, 0.1) is 10.1 Å². The SMILES string of the molecule is COC(=O)[C@@H]1CO[C@@H]([C@H](C)Br)CN1S(=O)(=O)c1ccc([N+](=O)[O-])cc1. The first-order valence-corrected chi connectivity index (χ1v) is 9.64. The van der Waals surface area contributed by atoms with Gasteiger partial charge in [0.15, 0.2) is 0 Å². The number of non-ortho nitro benzene ring substituents is 1. The van der Waals surface area contributed by atoms with Crippen LogP contribution in [0.15, 0.2) is 29.2 Å². The molecule has 1 aromatic rings. The van der Waals surface area contributed by atoms with E-state index in [2.05, 4.69) is 20.7 Å². The van der Waals surface area contributed by atoms with E-state index in [0.29, 0.717) is 0 Å². The van der Waals surface area contributed by atoms with Gasteiger partial charge in [0.25, 0.3) is 5.69 Å². The number of rotatable bonds is 5. The molecule has 0 saturated carbocycles. The Morgan fingerprint density at radius 1 is 1.44 bits per heavy atom. The van der Waals surface area contributed by atoms with Gasteiger partial charge in [-0.3, -0.25) is 14.9 Å². The molecule has 0 spiro atoms. The van der Waals surface area contributed by atoms with Crippen LogP contribution in [-0.4, -0.2) is 60.9 Å². The predicted molar refractivity (Wildman–Crippen MR) is 90.9 cm³/mol. The summed E-state index contributed by atoms with van der Waals surface area (Å²) in [6, 6.07) is 3.37. The van der Waals surface area contributed by atoms with Crippen LogP contribution in [0.5, 0.6) is 0 Å². The molecular formula is C14H17BrN2O7S. The number of esters is 1. The van der Waals surface area contributed by atoms with Crippen molar-refractivity contribution >= 4 is 37.6 Å². The number of nitro groups is 1. The minimum atomic E-state index is -4.07. The average molecular weight is 437 g/mol. The molecule has 0 bridgehead atoms. The van der Waals surface area contributed by atoms with E-state index in [-0.39, 0.29) is 28.6 Å². The van der Waals surface area contributed by atoms with Gasteiger partial charge in [-0.15, -0.1) is 0 Å². The summed E-state index contributed by atoms with van der Waals surface area (Å²) >= 11 is 3.35. The molecule has 0 N–H and O–H groups in total. The number of sulfonamides is 1. The highest BCUT2D eigenvalue weighted by Gasteiger charge is 2.43. The number of carbonyl (C=O) groups is 1. The lowest BCUT2D eigenvalue weighted by Gasteiger charge is -2.38. The Hall–Kier alpha value is -1.56. The maximum atomic E-state index is 12.9. The fraction of sp³-hybridized carbons (Fsp3) is 0.500. The molecule has 0 amide bonds. The van der Waals surface area contributed by atoms with Gasteiger partial charge in [0.1, 0.15) is 6.04 Å². The van der Waals surface area contributed by atoms with E-state index in [0.717, 1.165) is 35.7 Å². The molecule has 11 heteroatoms. The second kappa shape index (κ2) is 7.77. The topological polar surface area (TPSA) is 116 Å². The quantitative estimate of drug-likeness (QED) is 0.295. The van der Waals surface area contributed by atoms with Gasteiger partial charge in [-0.05, 0) is 12.1 Å². The first kappa shape index (κ1) is 19.8. The number of hydrogen-bond acceptors (Lipinski definition) is 7. The average Bonchev–Trinajstić information content (AvgIpc) is 2.60. The number of hydrogen-bond donors (Lipinski definition) is 0. The molecule has 9 nitrogen and oxygen atoms in total. The maximum absolute atomic E-state index is 12.9. The fourth-order valence-corrected chi connectivity index (χ4v) is 4.29. The minimum Gasteiger partial charge on any atom is -0.468 e. The summed E-state index contributed by atoms with van der Waals surface area (Å²) < 4.78 is 37.1. The zero-order valence-corrected chi connectivity index (χ0v) is 15.9. The van der Waals surface area contributed by atoms with Crippen molar-refractivity contribution in [2.75, 3.05) is 20.3 Å². The highest BCUT2D eigenvalue weighted by Crippen LogP contribution is 2.27. The van der Waals surface area contributed by atoms with Gasteiger partial charge in [0.2, 0.25) is 10.0 Å². The van der Waals surface area contributed by atoms with E-state index in [1.807, 2.05) is 0 Å². The number of ether oxygens (including phenoxy) is 2. The molecule has 1 fully saturated rings. The molecular weight excluding hydrogens is 420 g/mol. The molecule has 2 rings (SSSR count). The standard InChI is InChI=1S/C14H17BrN2O7S/c1-9(15)13-7-16(12(8-24-13)14(18)23-2)25(21,22)11-5-3-10(4-6-11)17(19)20/h3-6,9,12-13H,7-8H2,1-2H3/t9-,12-,13+/m0/s1. The van der Waals surface area contributed by atoms with E-state index in [1.165, 1.54) is 0 Å². The third kappa shape index (κ3) is 4.17. The van der Waals surface area contributed by atoms with Crippen LogP contribution in [0.2, 0.25) is 0 Å². The molecule has 1 saturated heterocycles. The van der Waals surface area contributed by atoms with Crippen molar-refractivity contribution in [1.29, 1.82) is 0 Å². The molecule has 0 radical (unpaired) electrons. The van der Waals surface area contributed by atoms with Crippen LogP contribution in [0.4, 0.5) is 5.69 Å². The number of methoxy groups -OCH3 is 1. The van der Waals surface area contributed by atoms with Crippen molar-refractivity contribution in [1.82, 2.24) is 4.31 Å². The molecule has 25 heavy (non-hydrogen) atoms. The zero-order chi connectivity index (χ0) is 18.8. The van der Waals surface area contributed by atoms with Crippen LogP contribution in [0.3, 0.4) is 0 Å². The summed E-state index contributed by atoms with van der Waals surface area (Å²) in [4.78, 5) is 21.8. The number of halogens is 1. The molecule has 0 aliphatic carbocycles. The first-order chi connectivity index (χ1) is 11.7. The lowest BCUT2D eigenvalue weighted by molar-refractivity contribution is -0.384. The van der Waals surface area contributed by atoms with Gasteiger partial charge in [-0.25, -0.2) is 8.42 Å². The van der Waals surface area contributed by atoms with E-state index < -0.39 is 33.1 Å². The number of benzene rings is 1. The normalized spacial score (nSPS) is 23.0. The maximum Gasteiger partial charge on any atom is 0.326 e. The lowest BCUT2D eigenvalue weighted by atomic mass is 10.2. The zero-order valence-electron chi connectivity index (χ0n) is 13.5. The van der Waals surface area contributed by atoms with Crippen molar-refractivity contribution < 1.29 is 27.6 Å². The minimum absolute atomic E-state index is 0.0501. The summed E-state index contributed by atoms with van der Waals surface area (Å²) in [5.41, 5.74) is -0.225. The van der Waals surface area contributed by atoms with E-state index >= 15 is 0 Å². The van der Waals surface area contributed by atoms with Crippen molar-refractivity contribution in [3.05, 3.63) is 34.4 Å². The molecule has 1 aromatic carbocycles. The van der Waals surface area contributed by atoms with Gasteiger partial charge >= 0.3 is 5.97 Å². The Morgan fingerprint density at radius 2 is 2.04 bits per heavy atom. The molecule has 1 aliphatic heterocycles.